The molecule has 0 aliphatic rings. The molecule has 0 radical (unpaired) electrons. The van der Waals surface area contributed by atoms with Gasteiger partial charge < -0.3 is 4.57 Å². The zero-order chi connectivity index (χ0) is 11.8. The number of rotatable bonds is 1. The number of hydrogen-bond donors (Lipinski definition) is 0. The molecule has 1 aromatic heterocycles. The third kappa shape index (κ3) is 2.19. The molecule has 1 heterocycles. The van der Waals surface area contributed by atoms with Crippen molar-refractivity contribution < 1.29 is 0 Å². The number of imidazole rings is 1. The molecule has 0 N–H and O–H groups in total. The van der Waals surface area contributed by atoms with Crippen LogP contribution in [0.5, 0.6) is 0 Å². The zero-order valence-electron chi connectivity index (χ0n) is 9.74. The second-order valence-corrected chi connectivity index (χ2v) is 5.75. The molecule has 0 atom stereocenters. The maximum Gasteiger partial charge on any atom is 0.0955 e. The van der Waals surface area contributed by atoms with E-state index in [1.807, 2.05) is 24.7 Å². The minimum absolute atomic E-state index is 0.0498. The second kappa shape index (κ2) is 4.06. The molecule has 2 nitrogen and oxygen atoms in total. The van der Waals surface area contributed by atoms with E-state index in [0.29, 0.717) is 0 Å². The Morgan fingerprint density at radius 1 is 1.25 bits per heavy atom. The Labute approximate surface area is 104 Å². The van der Waals surface area contributed by atoms with Gasteiger partial charge in [0.05, 0.1) is 18.2 Å². The molecule has 0 fully saturated rings. The van der Waals surface area contributed by atoms with Crippen molar-refractivity contribution in [3.8, 4) is 11.3 Å². The van der Waals surface area contributed by atoms with E-state index in [1.54, 1.807) is 0 Å². The average Bonchev–Trinajstić information content (AvgIpc) is 2.65. The van der Waals surface area contributed by atoms with Gasteiger partial charge in [-0.1, -0.05) is 28.1 Å². The van der Waals surface area contributed by atoms with E-state index in [-0.39, 0.29) is 5.54 Å². The largest absolute Gasteiger partial charge is 0.325 e. The van der Waals surface area contributed by atoms with Crippen LogP contribution in [0.4, 0.5) is 0 Å². The van der Waals surface area contributed by atoms with Gasteiger partial charge >= 0.3 is 0 Å². The Morgan fingerprint density at radius 2 is 2.00 bits per heavy atom. The topological polar surface area (TPSA) is 17.8 Å². The van der Waals surface area contributed by atoms with Crippen molar-refractivity contribution in [2.45, 2.75) is 26.3 Å². The van der Waals surface area contributed by atoms with Gasteiger partial charge in [-0.15, -0.1) is 0 Å². The Morgan fingerprint density at radius 3 is 2.62 bits per heavy atom. The first-order valence-corrected chi connectivity index (χ1v) is 6.06. The van der Waals surface area contributed by atoms with Gasteiger partial charge in [-0.2, -0.15) is 0 Å². The van der Waals surface area contributed by atoms with Crippen LogP contribution in [0.1, 0.15) is 20.8 Å². The van der Waals surface area contributed by atoms with Crippen molar-refractivity contribution in [2.75, 3.05) is 0 Å². The maximum absolute atomic E-state index is 4.24. The summed E-state index contributed by atoms with van der Waals surface area (Å²) in [6.07, 6.45) is 3.79. The summed E-state index contributed by atoms with van der Waals surface area (Å²) >= 11 is 3.49. The van der Waals surface area contributed by atoms with Gasteiger partial charge in [-0.3, -0.25) is 0 Å². The lowest BCUT2D eigenvalue weighted by Gasteiger charge is -2.23. The van der Waals surface area contributed by atoms with Crippen LogP contribution in [-0.4, -0.2) is 9.55 Å². The zero-order valence-corrected chi connectivity index (χ0v) is 11.3. The SMILES string of the molecule is CC(C)(C)n1cncc1-c1cccc(Br)c1. The third-order valence-corrected chi connectivity index (χ3v) is 2.97. The summed E-state index contributed by atoms with van der Waals surface area (Å²) in [6.45, 7) is 6.53. The molecule has 3 heteroatoms. The quantitative estimate of drug-likeness (QED) is 0.769. The highest BCUT2D eigenvalue weighted by Crippen LogP contribution is 2.27. The monoisotopic (exact) mass is 278 g/mol. The minimum Gasteiger partial charge on any atom is -0.325 e. The lowest BCUT2D eigenvalue weighted by Crippen LogP contribution is -2.21. The summed E-state index contributed by atoms with van der Waals surface area (Å²) in [5, 5.41) is 0. The number of halogens is 1. The molecule has 0 aliphatic heterocycles. The van der Waals surface area contributed by atoms with Gasteiger partial charge in [-0.05, 0) is 32.9 Å². The summed E-state index contributed by atoms with van der Waals surface area (Å²) < 4.78 is 3.28. The predicted octanol–water partition coefficient (Wildman–Crippen LogP) is 4.07. The Hall–Kier alpha value is -1.09. The molecule has 16 heavy (non-hydrogen) atoms. The van der Waals surface area contributed by atoms with Crippen LogP contribution >= 0.6 is 15.9 Å². The summed E-state index contributed by atoms with van der Waals surface area (Å²) in [5.74, 6) is 0. The van der Waals surface area contributed by atoms with Crippen LogP contribution in [0, 0.1) is 0 Å². The van der Waals surface area contributed by atoms with Gasteiger partial charge in [0.25, 0.3) is 0 Å². The van der Waals surface area contributed by atoms with Crippen LogP contribution < -0.4 is 0 Å². The van der Waals surface area contributed by atoms with Crippen LogP contribution in [0.2, 0.25) is 0 Å². The van der Waals surface area contributed by atoms with E-state index in [1.165, 1.54) is 5.56 Å². The lowest BCUT2D eigenvalue weighted by molar-refractivity contribution is 0.400. The van der Waals surface area contributed by atoms with Crippen molar-refractivity contribution in [1.82, 2.24) is 9.55 Å². The molecule has 0 amide bonds. The highest BCUT2D eigenvalue weighted by molar-refractivity contribution is 9.10. The van der Waals surface area contributed by atoms with E-state index >= 15 is 0 Å². The number of aromatic nitrogens is 2. The van der Waals surface area contributed by atoms with Crippen molar-refractivity contribution in [2.24, 2.45) is 0 Å². The van der Waals surface area contributed by atoms with Crippen molar-refractivity contribution in [3.05, 3.63) is 41.3 Å². The third-order valence-electron chi connectivity index (χ3n) is 2.48. The molecule has 0 saturated heterocycles. The molecule has 2 aromatic rings. The molecule has 1 aromatic carbocycles. The van der Waals surface area contributed by atoms with Gasteiger partial charge in [0, 0.05) is 15.6 Å². The smallest absolute Gasteiger partial charge is 0.0955 e. The molecule has 2 rings (SSSR count). The summed E-state index contributed by atoms with van der Waals surface area (Å²) in [6, 6.07) is 8.28. The molecule has 0 spiro atoms. The fraction of sp³-hybridized carbons (Fsp3) is 0.308. The highest BCUT2D eigenvalue weighted by atomic mass is 79.9. The van der Waals surface area contributed by atoms with E-state index in [9.17, 15) is 0 Å². The lowest BCUT2D eigenvalue weighted by atomic mass is 10.1. The van der Waals surface area contributed by atoms with Crippen LogP contribution in [0.25, 0.3) is 11.3 Å². The standard InChI is InChI=1S/C13H15BrN2/c1-13(2,3)16-9-15-8-12(16)10-5-4-6-11(14)7-10/h4-9H,1-3H3. The fourth-order valence-electron chi connectivity index (χ4n) is 1.69. The maximum atomic E-state index is 4.24. The van der Waals surface area contributed by atoms with E-state index < -0.39 is 0 Å². The molecule has 0 aliphatic carbocycles. The normalized spacial score (nSPS) is 11.8. The molecule has 0 bridgehead atoms. The van der Waals surface area contributed by atoms with Crippen molar-refractivity contribution >= 4 is 15.9 Å². The molecule has 84 valence electrons. The Balaban J connectivity index is 2.53. The van der Waals surface area contributed by atoms with Crippen LogP contribution in [0.3, 0.4) is 0 Å². The average molecular weight is 279 g/mol. The molecule has 0 saturated carbocycles. The highest BCUT2D eigenvalue weighted by Gasteiger charge is 2.17. The number of nitrogens with zero attached hydrogens (tertiary/aromatic N) is 2. The Kier molecular flexibility index (Phi) is 2.89. The van der Waals surface area contributed by atoms with E-state index in [0.717, 1.165) is 10.2 Å². The summed E-state index contributed by atoms with van der Waals surface area (Å²) in [5.41, 5.74) is 2.38. The number of benzene rings is 1. The van der Waals surface area contributed by atoms with Gasteiger partial charge in [0.1, 0.15) is 0 Å². The first-order chi connectivity index (χ1) is 7.48. The first kappa shape index (κ1) is 11.4. The Bertz CT molecular complexity index is 495. The van der Waals surface area contributed by atoms with Gasteiger partial charge in [0.2, 0.25) is 0 Å². The van der Waals surface area contributed by atoms with Crippen molar-refractivity contribution in [1.29, 1.82) is 0 Å². The van der Waals surface area contributed by atoms with E-state index in [2.05, 4.69) is 58.4 Å². The first-order valence-electron chi connectivity index (χ1n) is 5.27. The van der Waals surface area contributed by atoms with Gasteiger partial charge in [0.15, 0.2) is 0 Å². The molecular formula is C13H15BrN2. The molecule has 0 unspecified atom stereocenters. The van der Waals surface area contributed by atoms with Crippen LogP contribution in [-0.2, 0) is 5.54 Å². The number of hydrogen-bond acceptors (Lipinski definition) is 1. The predicted molar refractivity (Wildman–Crippen MR) is 70.4 cm³/mol. The van der Waals surface area contributed by atoms with Crippen LogP contribution in [0.15, 0.2) is 41.3 Å². The summed E-state index contributed by atoms with van der Waals surface area (Å²) in [4.78, 5) is 4.24. The van der Waals surface area contributed by atoms with Gasteiger partial charge in [-0.25, -0.2) is 4.98 Å². The fourth-order valence-corrected chi connectivity index (χ4v) is 2.09. The van der Waals surface area contributed by atoms with E-state index in [4.69, 9.17) is 0 Å². The van der Waals surface area contributed by atoms with Crippen molar-refractivity contribution in [3.63, 3.8) is 0 Å². The molecular weight excluding hydrogens is 264 g/mol. The minimum atomic E-state index is 0.0498. The summed E-state index contributed by atoms with van der Waals surface area (Å²) in [7, 11) is 0. The second-order valence-electron chi connectivity index (χ2n) is 4.83.